The van der Waals surface area contributed by atoms with Crippen LogP contribution in [0.1, 0.15) is 30.4 Å². The van der Waals surface area contributed by atoms with E-state index in [2.05, 4.69) is 4.90 Å². The van der Waals surface area contributed by atoms with E-state index in [4.69, 9.17) is 26.2 Å². The van der Waals surface area contributed by atoms with Crippen molar-refractivity contribution in [2.24, 2.45) is 0 Å². The van der Waals surface area contributed by atoms with E-state index in [9.17, 15) is 9.18 Å². The predicted molar refractivity (Wildman–Crippen MR) is 115 cm³/mol. The van der Waals surface area contributed by atoms with E-state index in [0.717, 1.165) is 31.7 Å². The van der Waals surface area contributed by atoms with Gasteiger partial charge in [-0.2, -0.15) is 0 Å². The van der Waals surface area contributed by atoms with Gasteiger partial charge in [0, 0.05) is 29.2 Å². The Kier molecular flexibility index (Phi) is 7.11. The molecule has 1 saturated heterocycles. The van der Waals surface area contributed by atoms with Gasteiger partial charge < -0.3 is 19.5 Å². The number of hydrogen-bond donors (Lipinski definition) is 1. The Bertz CT molecular complexity index is 896. The Morgan fingerprint density at radius 1 is 1.27 bits per heavy atom. The SMILES string of the molecule is Cl.O=C(O)CCN1CCC2(CC1)COc1cc(OCc3c(F)cccc3Cl)ccc12. The third-order valence-electron chi connectivity index (χ3n) is 5.93. The molecule has 0 atom stereocenters. The summed E-state index contributed by atoms with van der Waals surface area (Å²) in [5.74, 6) is 0.271. The molecule has 8 heteroatoms. The molecule has 2 aromatic carbocycles. The number of ether oxygens (including phenoxy) is 2. The molecule has 0 radical (unpaired) electrons. The Morgan fingerprint density at radius 2 is 2.03 bits per heavy atom. The lowest BCUT2D eigenvalue weighted by molar-refractivity contribution is -0.137. The molecule has 2 heterocycles. The minimum absolute atomic E-state index is 0. The minimum atomic E-state index is -0.760. The second kappa shape index (κ2) is 9.41. The van der Waals surface area contributed by atoms with Crippen LogP contribution in [0, 0.1) is 5.82 Å². The number of rotatable bonds is 6. The fourth-order valence-corrected chi connectivity index (χ4v) is 4.36. The molecule has 2 aromatic rings. The smallest absolute Gasteiger partial charge is 0.304 e. The zero-order valence-corrected chi connectivity index (χ0v) is 18.0. The zero-order valence-electron chi connectivity index (χ0n) is 16.4. The molecule has 1 spiro atoms. The van der Waals surface area contributed by atoms with Gasteiger partial charge in [0.25, 0.3) is 0 Å². The molecule has 0 unspecified atom stereocenters. The average molecular weight is 456 g/mol. The van der Waals surface area contributed by atoms with Crippen molar-refractivity contribution < 1.29 is 23.8 Å². The molecular weight excluding hydrogens is 432 g/mol. The van der Waals surface area contributed by atoms with Crippen molar-refractivity contribution in [2.75, 3.05) is 26.2 Å². The summed E-state index contributed by atoms with van der Waals surface area (Å²) in [6.07, 6.45) is 2.04. The molecule has 2 aliphatic heterocycles. The summed E-state index contributed by atoms with van der Waals surface area (Å²) in [7, 11) is 0. The van der Waals surface area contributed by atoms with Crippen LogP contribution in [0.2, 0.25) is 5.02 Å². The average Bonchev–Trinajstić information content (AvgIpc) is 3.05. The number of carbonyl (C=O) groups is 1. The maximum Gasteiger partial charge on any atom is 0.304 e. The van der Waals surface area contributed by atoms with Crippen LogP contribution in [0.4, 0.5) is 4.39 Å². The van der Waals surface area contributed by atoms with Crippen molar-refractivity contribution in [3.63, 3.8) is 0 Å². The maximum absolute atomic E-state index is 13.9. The van der Waals surface area contributed by atoms with Crippen LogP contribution in [0.25, 0.3) is 0 Å². The molecule has 0 amide bonds. The van der Waals surface area contributed by atoms with E-state index >= 15 is 0 Å². The molecule has 0 aromatic heterocycles. The van der Waals surface area contributed by atoms with Crippen LogP contribution in [-0.4, -0.2) is 42.2 Å². The molecular formula is C22H24Cl2FNO4. The molecule has 5 nitrogen and oxygen atoms in total. The number of carboxylic acids is 1. The molecule has 1 N–H and O–H groups in total. The number of fused-ring (bicyclic) bond motifs is 2. The van der Waals surface area contributed by atoms with Gasteiger partial charge >= 0.3 is 5.97 Å². The summed E-state index contributed by atoms with van der Waals surface area (Å²) in [4.78, 5) is 13.0. The third-order valence-corrected chi connectivity index (χ3v) is 6.28. The van der Waals surface area contributed by atoms with Crippen LogP contribution >= 0.6 is 24.0 Å². The summed E-state index contributed by atoms with van der Waals surface area (Å²) >= 11 is 6.06. The normalized spacial score (nSPS) is 17.1. The van der Waals surface area contributed by atoms with E-state index in [1.54, 1.807) is 12.1 Å². The number of carboxylic acid groups (broad SMARTS) is 1. The largest absolute Gasteiger partial charge is 0.492 e. The van der Waals surface area contributed by atoms with Crippen molar-refractivity contribution in [1.29, 1.82) is 0 Å². The van der Waals surface area contributed by atoms with Gasteiger partial charge in [-0.25, -0.2) is 4.39 Å². The maximum atomic E-state index is 13.9. The molecule has 0 bridgehead atoms. The number of aliphatic carboxylic acids is 1. The van der Waals surface area contributed by atoms with Gasteiger partial charge in [-0.3, -0.25) is 4.79 Å². The van der Waals surface area contributed by atoms with Crippen molar-refractivity contribution >= 4 is 30.0 Å². The van der Waals surface area contributed by atoms with Gasteiger partial charge in [-0.15, -0.1) is 12.4 Å². The molecule has 1 fully saturated rings. The summed E-state index contributed by atoms with van der Waals surface area (Å²) in [5.41, 5.74) is 1.48. The number of halogens is 3. The van der Waals surface area contributed by atoms with Gasteiger partial charge in [-0.05, 0) is 44.1 Å². The first-order chi connectivity index (χ1) is 14.0. The standard InChI is InChI=1S/C22H23ClFNO4.ClH/c23-18-2-1-3-19(24)16(18)13-28-15-4-5-17-20(12-15)29-14-22(17)7-10-25(11-8-22)9-6-21(26)27;/h1-5,12H,6-11,13-14H2,(H,26,27);1H. The highest BCUT2D eigenvalue weighted by Crippen LogP contribution is 2.46. The van der Waals surface area contributed by atoms with Crippen LogP contribution in [0.5, 0.6) is 11.5 Å². The molecule has 30 heavy (non-hydrogen) atoms. The molecule has 2 aliphatic rings. The number of likely N-dealkylation sites (tertiary alicyclic amines) is 1. The van der Waals surface area contributed by atoms with E-state index < -0.39 is 5.97 Å². The Labute approximate surface area is 186 Å². The van der Waals surface area contributed by atoms with E-state index in [-0.39, 0.29) is 36.7 Å². The van der Waals surface area contributed by atoms with Gasteiger partial charge in [0.1, 0.15) is 23.9 Å². The second-order valence-corrected chi connectivity index (χ2v) is 8.11. The third kappa shape index (κ3) is 4.66. The van der Waals surface area contributed by atoms with Crippen molar-refractivity contribution in [2.45, 2.75) is 31.3 Å². The highest BCUT2D eigenvalue weighted by Gasteiger charge is 2.43. The van der Waals surface area contributed by atoms with Crippen LogP contribution in [-0.2, 0) is 16.8 Å². The van der Waals surface area contributed by atoms with Gasteiger partial charge in [0.2, 0.25) is 0 Å². The lowest BCUT2D eigenvalue weighted by Crippen LogP contribution is -2.44. The summed E-state index contributed by atoms with van der Waals surface area (Å²) in [6.45, 7) is 2.98. The monoisotopic (exact) mass is 455 g/mol. The number of hydrogen-bond acceptors (Lipinski definition) is 4. The highest BCUT2D eigenvalue weighted by molar-refractivity contribution is 6.31. The summed E-state index contributed by atoms with van der Waals surface area (Å²) in [6, 6.07) is 10.4. The highest BCUT2D eigenvalue weighted by atomic mass is 35.5. The minimum Gasteiger partial charge on any atom is -0.492 e. The summed E-state index contributed by atoms with van der Waals surface area (Å²) < 4.78 is 25.6. The lowest BCUT2D eigenvalue weighted by atomic mass is 9.74. The lowest BCUT2D eigenvalue weighted by Gasteiger charge is -2.38. The van der Waals surface area contributed by atoms with E-state index in [0.29, 0.717) is 29.5 Å². The number of nitrogens with zero attached hydrogens (tertiary/aromatic N) is 1. The predicted octanol–water partition coefficient (Wildman–Crippen LogP) is 4.68. The van der Waals surface area contributed by atoms with Gasteiger partial charge in [0.15, 0.2) is 0 Å². The first kappa shape index (κ1) is 22.7. The molecule has 0 saturated carbocycles. The number of piperidine rings is 1. The summed E-state index contributed by atoms with van der Waals surface area (Å²) in [5, 5.41) is 9.21. The quantitative estimate of drug-likeness (QED) is 0.684. The molecule has 0 aliphatic carbocycles. The first-order valence-corrected chi connectivity index (χ1v) is 10.1. The molecule has 4 rings (SSSR count). The van der Waals surface area contributed by atoms with Crippen LogP contribution in [0.3, 0.4) is 0 Å². The number of benzene rings is 2. The first-order valence-electron chi connectivity index (χ1n) is 9.74. The second-order valence-electron chi connectivity index (χ2n) is 7.70. The van der Waals surface area contributed by atoms with Crippen molar-refractivity contribution in [3.05, 3.63) is 58.4 Å². The Balaban J connectivity index is 0.00000256. The van der Waals surface area contributed by atoms with Crippen molar-refractivity contribution in [3.8, 4) is 11.5 Å². The van der Waals surface area contributed by atoms with E-state index in [1.165, 1.54) is 11.6 Å². The Hall–Kier alpha value is -2.02. The van der Waals surface area contributed by atoms with Crippen LogP contribution < -0.4 is 9.47 Å². The topological polar surface area (TPSA) is 59.0 Å². The zero-order chi connectivity index (χ0) is 20.4. The van der Waals surface area contributed by atoms with E-state index in [1.807, 2.05) is 18.2 Å². The molecule has 162 valence electrons. The fourth-order valence-electron chi connectivity index (χ4n) is 4.14. The van der Waals surface area contributed by atoms with Gasteiger partial charge in [-0.1, -0.05) is 23.7 Å². The van der Waals surface area contributed by atoms with Crippen molar-refractivity contribution in [1.82, 2.24) is 4.90 Å². The fraction of sp³-hybridized carbons (Fsp3) is 0.409. The van der Waals surface area contributed by atoms with Gasteiger partial charge in [0.05, 0.1) is 18.1 Å². The van der Waals surface area contributed by atoms with Crippen LogP contribution in [0.15, 0.2) is 36.4 Å². The Morgan fingerprint density at radius 3 is 2.73 bits per heavy atom.